The Morgan fingerprint density at radius 2 is 2.06 bits per heavy atom. The summed E-state index contributed by atoms with van der Waals surface area (Å²) in [6.45, 7) is 2.53. The topological polar surface area (TPSA) is 121 Å². The number of ether oxygens (including phenoxy) is 4. The van der Waals surface area contributed by atoms with Gasteiger partial charge in [-0.05, 0) is 36.2 Å². The summed E-state index contributed by atoms with van der Waals surface area (Å²) in [6.07, 6.45) is 1.73. The maximum Gasteiger partial charge on any atom is 0.414 e. The number of nitrogens with zero attached hydrogens (tertiary/aromatic N) is 3. The molecule has 3 N–H and O–H groups in total. The van der Waals surface area contributed by atoms with Crippen molar-refractivity contribution in [2.75, 3.05) is 44.9 Å². The molecular weight excluding hydrogens is 438 g/mol. The zero-order valence-electron chi connectivity index (χ0n) is 18.9. The SMILES string of the molecule is COc1ccc2nccc(C[C@H](N)CNC[C@@H]3CN(c4ccc5c(c4)OCCO5)C(=O)O3)c2n1. The summed E-state index contributed by atoms with van der Waals surface area (Å²) >= 11 is 0. The van der Waals surface area contributed by atoms with Crippen LogP contribution in [-0.2, 0) is 11.2 Å². The number of anilines is 1. The summed E-state index contributed by atoms with van der Waals surface area (Å²) < 4.78 is 21.9. The lowest BCUT2D eigenvalue weighted by Crippen LogP contribution is -2.40. The zero-order chi connectivity index (χ0) is 23.5. The number of aromatic nitrogens is 2. The Bertz CT molecular complexity index is 1190. The van der Waals surface area contributed by atoms with Crippen molar-refractivity contribution in [3.63, 3.8) is 0 Å². The number of hydrogen-bond acceptors (Lipinski definition) is 9. The molecule has 2 aliphatic rings. The number of benzene rings is 1. The summed E-state index contributed by atoms with van der Waals surface area (Å²) in [6, 6.07) is 10.9. The first kappa shape index (κ1) is 22.2. The Balaban J connectivity index is 1.15. The minimum atomic E-state index is -0.379. The third kappa shape index (κ3) is 4.68. The number of pyridine rings is 2. The first-order valence-electron chi connectivity index (χ1n) is 11.2. The van der Waals surface area contributed by atoms with Gasteiger partial charge in [0.25, 0.3) is 0 Å². The molecule has 1 fully saturated rings. The van der Waals surface area contributed by atoms with E-state index in [1.807, 2.05) is 30.3 Å². The van der Waals surface area contributed by atoms with Gasteiger partial charge in [0.15, 0.2) is 11.5 Å². The molecule has 4 heterocycles. The van der Waals surface area contributed by atoms with E-state index in [9.17, 15) is 4.79 Å². The minimum Gasteiger partial charge on any atom is -0.486 e. The van der Waals surface area contributed by atoms with Gasteiger partial charge in [-0.3, -0.25) is 9.88 Å². The van der Waals surface area contributed by atoms with Crippen LogP contribution in [0.2, 0.25) is 0 Å². The number of carbonyl (C=O) groups is 1. The van der Waals surface area contributed by atoms with Crippen LogP contribution in [0, 0.1) is 0 Å². The molecule has 0 radical (unpaired) electrons. The Labute approximate surface area is 197 Å². The van der Waals surface area contributed by atoms with Crippen molar-refractivity contribution in [3.05, 3.63) is 48.2 Å². The van der Waals surface area contributed by atoms with E-state index in [2.05, 4.69) is 15.3 Å². The number of nitrogens with two attached hydrogens (primary N) is 1. The van der Waals surface area contributed by atoms with Gasteiger partial charge in [-0.15, -0.1) is 0 Å². The molecule has 2 atom stereocenters. The first-order chi connectivity index (χ1) is 16.6. The van der Waals surface area contributed by atoms with Crippen LogP contribution in [0.3, 0.4) is 0 Å². The second-order valence-electron chi connectivity index (χ2n) is 8.26. The highest BCUT2D eigenvalue weighted by Gasteiger charge is 2.32. The van der Waals surface area contributed by atoms with Crippen LogP contribution in [0.5, 0.6) is 17.4 Å². The fourth-order valence-corrected chi connectivity index (χ4v) is 4.16. The van der Waals surface area contributed by atoms with Crippen molar-refractivity contribution in [1.82, 2.24) is 15.3 Å². The molecule has 0 spiro atoms. The molecule has 0 unspecified atom stereocenters. The standard InChI is InChI=1S/C24H27N5O5/c1-31-22-5-3-19-23(28-22)15(6-7-27-19)10-16(25)12-26-13-18-14-29(24(30)34-18)17-2-4-20-21(11-17)33-9-8-32-20/h2-7,11,16,18,26H,8-10,12-14,25H2,1H3/t16-,18+/m0/s1. The van der Waals surface area contributed by atoms with Crippen molar-refractivity contribution in [2.24, 2.45) is 5.73 Å². The molecule has 0 bridgehead atoms. The number of hydrogen-bond donors (Lipinski definition) is 2. The molecule has 10 heteroatoms. The molecule has 1 amide bonds. The van der Waals surface area contributed by atoms with Crippen molar-refractivity contribution in [1.29, 1.82) is 0 Å². The normalized spacial score (nSPS) is 18.1. The summed E-state index contributed by atoms with van der Waals surface area (Å²) in [5, 5.41) is 3.33. The van der Waals surface area contributed by atoms with Crippen molar-refractivity contribution in [3.8, 4) is 17.4 Å². The summed E-state index contributed by atoms with van der Waals surface area (Å²) in [5.74, 6) is 1.87. The highest BCUT2D eigenvalue weighted by atomic mass is 16.6. The summed E-state index contributed by atoms with van der Waals surface area (Å²) in [4.78, 5) is 22.9. The molecule has 34 heavy (non-hydrogen) atoms. The lowest BCUT2D eigenvalue weighted by molar-refractivity contribution is 0.140. The number of fused-ring (bicyclic) bond motifs is 2. The van der Waals surface area contributed by atoms with Gasteiger partial charge in [0.05, 0.1) is 30.4 Å². The van der Waals surface area contributed by atoms with Crippen LogP contribution in [0.25, 0.3) is 11.0 Å². The Morgan fingerprint density at radius 1 is 1.21 bits per heavy atom. The number of nitrogens with one attached hydrogen (secondary N) is 1. The van der Waals surface area contributed by atoms with Crippen LogP contribution < -0.4 is 30.2 Å². The van der Waals surface area contributed by atoms with Crippen molar-refractivity contribution >= 4 is 22.8 Å². The maximum absolute atomic E-state index is 12.4. The molecule has 0 saturated carbocycles. The predicted octanol–water partition coefficient (Wildman–Crippen LogP) is 1.89. The number of amides is 1. The van der Waals surface area contributed by atoms with E-state index in [4.69, 9.17) is 24.7 Å². The quantitative estimate of drug-likeness (QED) is 0.514. The molecule has 2 aromatic heterocycles. The van der Waals surface area contributed by atoms with Crippen LogP contribution in [0.4, 0.5) is 10.5 Å². The van der Waals surface area contributed by atoms with E-state index in [1.165, 1.54) is 0 Å². The molecule has 178 valence electrons. The van der Waals surface area contributed by atoms with E-state index in [1.54, 1.807) is 24.3 Å². The van der Waals surface area contributed by atoms with Gasteiger partial charge in [0, 0.05) is 37.5 Å². The van der Waals surface area contributed by atoms with Crippen LogP contribution in [0.1, 0.15) is 5.56 Å². The highest BCUT2D eigenvalue weighted by molar-refractivity contribution is 5.90. The van der Waals surface area contributed by atoms with Gasteiger partial charge < -0.3 is 30.0 Å². The maximum atomic E-state index is 12.4. The Morgan fingerprint density at radius 3 is 2.91 bits per heavy atom. The molecule has 1 aromatic carbocycles. The fraction of sp³-hybridized carbons (Fsp3) is 0.375. The van der Waals surface area contributed by atoms with Gasteiger partial charge in [-0.2, -0.15) is 0 Å². The van der Waals surface area contributed by atoms with Gasteiger partial charge in [-0.1, -0.05) is 0 Å². The van der Waals surface area contributed by atoms with Crippen LogP contribution in [-0.4, -0.2) is 68.2 Å². The van der Waals surface area contributed by atoms with E-state index >= 15 is 0 Å². The minimum absolute atomic E-state index is 0.149. The lowest BCUT2D eigenvalue weighted by Gasteiger charge is -2.21. The van der Waals surface area contributed by atoms with Gasteiger partial charge in [-0.25, -0.2) is 9.78 Å². The molecule has 2 aliphatic heterocycles. The number of rotatable bonds is 8. The monoisotopic (exact) mass is 465 g/mol. The number of cyclic esters (lactones) is 1. The predicted molar refractivity (Wildman–Crippen MR) is 126 cm³/mol. The lowest BCUT2D eigenvalue weighted by atomic mass is 10.1. The zero-order valence-corrected chi connectivity index (χ0v) is 18.9. The van der Waals surface area contributed by atoms with Gasteiger partial charge >= 0.3 is 6.09 Å². The molecule has 10 nitrogen and oxygen atoms in total. The third-order valence-corrected chi connectivity index (χ3v) is 5.82. The Hall–Kier alpha value is -3.63. The number of methoxy groups -OCH3 is 1. The summed E-state index contributed by atoms with van der Waals surface area (Å²) in [5.41, 5.74) is 9.70. The van der Waals surface area contributed by atoms with E-state index in [0.717, 1.165) is 22.3 Å². The second-order valence-corrected chi connectivity index (χ2v) is 8.26. The smallest absolute Gasteiger partial charge is 0.414 e. The average molecular weight is 466 g/mol. The van der Waals surface area contributed by atoms with Crippen molar-refractivity contribution < 1.29 is 23.7 Å². The Kier molecular flexibility index (Phi) is 6.33. The van der Waals surface area contributed by atoms with Gasteiger partial charge in [0.2, 0.25) is 5.88 Å². The highest BCUT2D eigenvalue weighted by Crippen LogP contribution is 2.35. The molecular formula is C24H27N5O5. The van der Waals surface area contributed by atoms with Crippen LogP contribution >= 0.6 is 0 Å². The molecule has 3 aromatic rings. The summed E-state index contributed by atoms with van der Waals surface area (Å²) in [7, 11) is 1.59. The van der Waals surface area contributed by atoms with Gasteiger partial charge in [0.1, 0.15) is 19.3 Å². The fourth-order valence-electron chi connectivity index (χ4n) is 4.16. The third-order valence-electron chi connectivity index (χ3n) is 5.82. The van der Waals surface area contributed by atoms with Crippen molar-refractivity contribution in [2.45, 2.75) is 18.6 Å². The largest absolute Gasteiger partial charge is 0.486 e. The average Bonchev–Trinajstić information content (AvgIpc) is 3.23. The van der Waals surface area contributed by atoms with E-state index in [0.29, 0.717) is 56.6 Å². The van der Waals surface area contributed by atoms with E-state index < -0.39 is 0 Å². The van der Waals surface area contributed by atoms with E-state index in [-0.39, 0.29) is 18.2 Å². The number of carbonyl (C=O) groups excluding carboxylic acids is 1. The molecule has 0 aliphatic carbocycles. The first-order valence-corrected chi connectivity index (χ1v) is 11.2. The molecule has 5 rings (SSSR count). The molecule has 1 saturated heterocycles. The second kappa shape index (κ2) is 9.70. The van der Waals surface area contributed by atoms with Crippen LogP contribution in [0.15, 0.2) is 42.6 Å².